The lowest BCUT2D eigenvalue weighted by molar-refractivity contribution is -0.122. The molecule has 0 aromatic heterocycles. The van der Waals surface area contributed by atoms with Crippen LogP contribution in [-0.4, -0.2) is 17.0 Å². The lowest BCUT2D eigenvalue weighted by atomic mass is 9.45. The number of allylic oxidation sites excluding steroid dienone is 1. The molecule has 3 saturated carbocycles. The molecule has 0 aromatic carbocycles. The first kappa shape index (κ1) is 15.9. The van der Waals surface area contributed by atoms with Gasteiger partial charge in [-0.2, -0.15) is 0 Å². The van der Waals surface area contributed by atoms with Gasteiger partial charge in [0, 0.05) is 6.42 Å². The summed E-state index contributed by atoms with van der Waals surface area (Å²) in [6.07, 6.45) is 10.8. The minimum Gasteiger partial charge on any atom is -0.393 e. The summed E-state index contributed by atoms with van der Waals surface area (Å²) >= 11 is 0. The number of aliphatic hydroxyl groups excluding tert-OH is 1. The van der Waals surface area contributed by atoms with E-state index in [0.717, 1.165) is 37.5 Å². The summed E-state index contributed by atoms with van der Waals surface area (Å²) in [6.45, 7) is 7.09. The highest BCUT2D eigenvalue weighted by atomic mass is 16.3. The minimum atomic E-state index is -0.0897. The monoisotopic (exact) mass is 316 g/mol. The first-order chi connectivity index (χ1) is 10.9. The zero-order chi connectivity index (χ0) is 16.4. The van der Waals surface area contributed by atoms with Crippen LogP contribution in [0.3, 0.4) is 0 Å². The van der Waals surface area contributed by atoms with E-state index in [1.807, 2.05) is 6.08 Å². The van der Waals surface area contributed by atoms with Crippen LogP contribution >= 0.6 is 0 Å². The average molecular weight is 316 g/mol. The van der Waals surface area contributed by atoms with E-state index >= 15 is 0 Å². The predicted molar refractivity (Wildman–Crippen MR) is 91.9 cm³/mol. The number of hydrogen-bond donors (Lipinski definition) is 1. The van der Waals surface area contributed by atoms with Crippen molar-refractivity contribution in [1.29, 1.82) is 0 Å². The quantitative estimate of drug-likeness (QED) is 0.772. The van der Waals surface area contributed by atoms with Gasteiger partial charge in [-0.15, -0.1) is 0 Å². The first-order valence-corrected chi connectivity index (χ1v) is 9.83. The summed E-state index contributed by atoms with van der Waals surface area (Å²) in [5, 5.41) is 10.5. The Morgan fingerprint density at radius 3 is 2.70 bits per heavy atom. The van der Waals surface area contributed by atoms with Crippen molar-refractivity contribution in [3.8, 4) is 0 Å². The third-order valence-corrected chi connectivity index (χ3v) is 8.72. The van der Waals surface area contributed by atoms with Crippen molar-refractivity contribution < 1.29 is 9.90 Å². The van der Waals surface area contributed by atoms with E-state index in [2.05, 4.69) is 20.8 Å². The van der Waals surface area contributed by atoms with Crippen LogP contribution in [0, 0.1) is 34.5 Å². The molecule has 0 bridgehead atoms. The molecule has 7 atom stereocenters. The standard InChI is InChI=1S/C21H32O2/c1-4-13-11-15(22)12-14-5-6-16-17-7-8-19(23)20(17,2)10-9-18(16)21(13,14)3/h12-13,16-19,23H,4-11H2,1-3H3/t13?,16-,17-,18-,19-,20-,21-/m0/s1. The van der Waals surface area contributed by atoms with Gasteiger partial charge in [0.15, 0.2) is 5.78 Å². The Morgan fingerprint density at radius 2 is 1.96 bits per heavy atom. The maximum absolute atomic E-state index is 12.2. The van der Waals surface area contributed by atoms with Crippen LogP contribution in [0.5, 0.6) is 0 Å². The van der Waals surface area contributed by atoms with Crippen molar-refractivity contribution in [1.82, 2.24) is 0 Å². The number of aliphatic hydroxyl groups is 1. The first-order valence-electron chi connectivity index (χ1n) is 9.83. The van der Waals surface area contributed by atoms with Crippen LogP contribution in [0.4, 0.5) is 0 Å². The molecule has 0 aromatic rings. The van der Waals surface area contributed by atoms with Gasteiger partial charge in [0.25, 0.3) is 0 Å². The topological polar surface area (TPSA) is 37.3 Å². The fourth-order valence-electron chi connectivity index (χ4n) is 7.31. The Balaban J connectivity index is 1.72. The van der Waals surface area contributed by atoms with E-state index in [-0.39, 0.29) is 16.9 Å². The van der Waals surface area contributed by atoms with Gasteiger partial charge in [-0.3, -0.25) is 4.79 Å². The summed E-state index contributed by atoms with van der Waals surface area (Å²) in [4.78, 5) is 12.2. The maximum atomic E-state index is 12.2. The third-order valence-electron chi connectivity index (χ3n) is 8.72. The zero-order valence-corrected chi connectivity index (χ0v) is 15.0. The highest BCUT2D eigenvalue weighted by Crippen LogP contribution is 2.66. The summed E-state index contributed by atoms with van der Waals surface area (Å²) in [6, 6.07) is 0. The molecule has 2 heteroatoms. The molecule has 1 unspecified atom stereocenters. The van der Waals surface area contributed by atoms with Gasteiger partial charge < -0.3 is 5.11 Å². The van der Waals surface area contributed by atoms with E-state index in [4.69, 9.17) is 0 Å². The van der Waals surface area contributed by atoms with Crippen molar-refractivity contribution in [2.75, 3.05) is 0 Å². The summed E-state index contributed by atoms with van der Waals surface area (Å²) in [5.74, 6) is 3.07. The second-order valence-corrected chi connectivity index (χ2v) is 9.28. The molecule has 0 amide bonds. The van der Waals surface area contributed by atoms with Crippen LogP contribution in [0.25, 0.3) is 0 Å². The Bertz CT molecular complexity index is 550. The predicted octanol–water partition coefficient (Wildman–Crippen LogP) is 4.52. The van der Waals surface area contributed by atoms with E-state index in [1.165, 1.54) is 31.3 Å². The second-order valence-electron chi connectivity index (χ2n) is 9.28. The van der Waals surface area contributed by atoms with E-state index in [0.29, 0.717) is 17.6 Å². The molecular weight excluding hydrogens is 284 g/mol. The molecule has 128 valence electrons. The number of ketones is 1. The Hall–Kier alpha value is -0.630. The molecule has 1 N–H and O–H groups in total. The molecule has 3 fully saturated rings. The van der Waals surface area contributed by atoms with E-state index in [9.17, 15) is 9.90 Å². The van der Waals surface area contributed by atoms with Gasteiger partial charge in [-0.05, 0) is 79.1 Å². The van der Waals surface area contributed by atoms with Crippen molar-refractivity contribution in [3.63, 3.8) is 0 Å². The number of carbonyl (C=O) groups excluding carboxylic acids is 1. The molecule has 0 radical (unpaired) electrons. The number of rotatable bonds is 1. The SMILES string of the molecule is CCC1CC(=O)C=C2CC[C@H]3[C@@H]4CC[C@H](O)[C@@]4(C)CC[C@@H]3[C@]21C. The zero-order valence-electron chi connectivity index (χ0n) is 15.0. The fraction of sp³-hybridized carbons (Fsp3) is 0.857. The Kier molecular flexibility index (Phi) is 3.58. The van der Waals surface area contributed by atoms with Gasteiger partial charge in [0.1, 0.15) is 0 Å². The second kappa shape index (κ2) is 5.18. The van der Waals surface area contributed by atoms with Crippen molar-refractivity contribution in [2.45, 2.75) is 78.2 Å². The lowest BCUT2D eigenvalue weighted by Gasteiger charge is -2.60. The number of fused-ring (bicyclic) bond motifs is 5. The third kappa shape index (κ3) is 2.00. The lowest BCUT2D eigenvalue weighted by Crippen LogP contribution is -2.53. The largest absolute Gasteiger partial charge is 0.393 e. The van der Waals surface area contributed by atoms with E-state index < -0.39 is 0 Å². The fourth-order valence-corrected chi connectivity index (χ4v) is 7.31. The average Bonchev–Trinajstić information content (AvgIpc) is 2.83. The Morgan fingerprint density at radius 1 is 1.17 bits per heavy atom. The molecule has 23 heavy (non-hydrogen) atoms. The number of carbonyl (C=O) groups is 1. The van der Waals surface area contributed by atoms with Gasteiger partial charge in [-0.1, -0.05) is 32.8 Å². The maximum Gasteiger partial charge on any atom is 0.155 e. The molecule has 0 heterocycles. The molecule has 4 rings (SSSR count). The van der Waals surface area contributed by atoms with Crippen LogP contribution < -0.4 is 0 Å². The molecule has 4 aliphatic carbocycles. The molecular formula is C21H32O2. The van der Waals surface area contributed by atoms with Crippen LogP contribution in [0.15, 0.2) is 11.6 Å². The van der Waals surface area contributed by atoms with Crippen LogP contribution in [-0.2, 0) is 4.79 Å². The molecule has 0 saturated heterocycles. The smallest absolute Gasteiger partial charge is 0.155 e. The normalized spacial score (nSPS) is 52.4. The summed E-state index contributed by atoms with van der Waals surface area (Å²) < 4.78 is 0. The van der Waals surface area contributed by atoms with Crippen molar-refractivity contribution in [3.05, 3.63) is 11.6 Å². The van der Waals surface area contributed by atoms with Gasteiger partial charge >= 0.3 is 0 Å². The molecule has 0 aliphatic heterocycles. The summed E-state index contributed by atoms with van der Waals surface area (Å²) in [5.41, 5.74) is 1.86. The molecule has 4 aliphatic rings. The van der Waals surface area contributed by atoms with Gasteiger partial charge in [0.05, 0.1) is 6.10 Å². The Labute approximate surface area is 140 Å². The molecule has 2 nitrogen and oxygen atoms in total. The van der Waals surface area contributed by atoms with Gasteiger partial charge in [-0.25, -0.2) is 0 Å². The van der Waals surface area contributed by atoms with E-state index in [1.54, 1.807) is 0 Å². The highest BCUT2D eigenvalue weighted by Gasteiger charge is 2.60. The van der Waals surface area contributed by atoms with Crippen molar-refractivity contribution in [2.24, 2.45) is 34.5 Å². The number of hydrogen-bond acceptors (Lipinski definition) is 2. The highest BCUT2D eigenvalue weighted by molar-refractivity contribution is 5.92. The molecule has 0 spiro atoms. The van der Waals surface area contributed by atoms with Crippen LogP contribution in [0.1, 0.15) is 72.1 Å². The minimum absolute atomic E-state index is 0.0897. The van der Waals surface area contributed by atoms with Crippen LogP contribution in [0.2, 0.25) is 0 Å². The van der Waals surface area contributed by atoms with Gasteiger partial charge in [0.2, 0.25) is 0 Å². The van der Waals surface area contributed by atoms with Crippen molar-refractivity contribution >= 4 is 5.78 Å². The summed E-state index contributed by atoms with van der Waals surface area (Å²) in [7, 11) is 0.